The maximum absolute atomic E-state index is 12.3. The Morgan fingerprint density at radius 3 is 2.75 bits per heavy atom. The number of methoxy groups -OCH3 is 1. The Balaban J connectivity index is 2.22. The molecular weight excluding hydrogens is 258 g/mol. The van der Waals surface area contributed by atoms with Crippen LogP contribution in [-0.4, -0.2) is 30.0 Å². The minimum Gasteiger partial charge on any atom is -0.497 e. The molecule has 0 saturated heterocycles. The Bertz CT molecular complexity index is 600. The van der Waals surface area contributed by atoms with E-state index in [4.69, 9.17) is 10.6 Å². The summed E-state index contributed by atoms with van der Waals surface area (Å²) in [5.74, 6) is 6.00. The molecule has 0 fully saturated rings. The minimum absolute atomic E-state index is 0.231. The largest absolute Gasteiger partial charge is 0.497 e. The Morgan fingerprint density at radius 2 is 2.15 bits per heavy atom. The summed E-state index contributed by atoms with van der Waals surface area (Å²) < 4.78 is 5.13. The third kappa shape index (κ3) is 2.83. The molecule has 7 nitrogen and oxygen atoms in total. The summed E-state index contributed by atoms with van der Waals surface area (Å²) >= 11 is 0. The van der Waals surface area contributed by atoms with Crippen LogP contribution in [0.25, 0.3) is 0 Å². The normalized spacial score (nSPS) is 9.95. The van der Waals surface area contributed by atoms with E-state index in [0.717, 1.165) is 0 Å². The maximum atomic E-state index is 12.3. The average molecular weight is 273 g/mol. The van der Waals surface area contributed by atoms with E-state index in [-0.39, 0.29) is 11.6 Å². The van der Waals surface area contributed by atoms with Gasteiger partial charge in [-0.3, -0.25) is 4.79 Å². The molecule has 1 amide bonds. The van der Waals surface area contributed by atoms with E-state index >= 15 is 0 Å². The number of nitrogens with two attached hydrogens (primary N) is 1. The highest BCUT2D eigenvalue weighted by atomic mass is 16.5. The van der Waals surface area contributed by atoms with Crippen molar-refractivity contribution in [2.45, 2.75) is 0 Å². The van der Waals surface area contributed by atoms with Crippen molar-refractivity contribution in [3.8, 4) is 5.75 Å². The molecule has 0 saturated carbocycles. The number of anilines is 2. The van der Waals surface area contributed by atoms with Gasteiger partial charge in [-0.2, -0.15) is 0 Å². The van der Waals surface area contributed by atoms with Crippen molar-refractivity contribution in [3.05, 3.63) is 42.4 Å². The molecule has 7 heteroatoms. The second-order valence-electron chi connectivity index (χ2n) is 4.00. The van der Waals surface area contributed by atoms with Crippen LogP contribution in [0.15, 0.2) is 36.7 Å². The standard InChI is InChI=1S/C13H15N5O2/c1-18(9-4-3-5-10(6-9)20-2)13(19)11-7-16-12(17-14)8-15-11/h3-8H,14H2,1-2H3,(H,16,17). The lowest BCUT2D eigenvalue weighted by molar-refractivity contribution is 0.0988. The fourth-order valence-corrected chi connectivity index (χ4v) is 1.62. The number of carbonyl (C=O) groups excluding carboxylic acids is 1. The number of hydrogen-bond acceptors (Lipinski definition) is 6. The molecule has 1 aromatic heterocycles. The summed E-state index contributed by atoms with van der Waals surface area (Å²) in [6.07, 6.45) is 2.76. The van der Waals surface area contributed by atoms with Crippen molar-refractivity contribution in [3.63, 3.8) is 0 Å². The molecule has 0 spiro atoms. The van der Waals surface area contributed by atoms with Crippen molar-refractivity contribution >= 4 is 17.4 Å². The first-order valence-corrected chi connectivity index (χ1v) is 5.86. The van der Waals surface area contributed by atoms with Gasteiger partial charge in [0.1, 0.15) is 11.4 Å². The zero-order valence-corrected chi connectivity index (χ0v) is 11.2. The summed E-state index contributed by atoms with van der Waals surface area (Å²) in [6.45, 7) is 0. The Labute approximate surface area is 116 Å². The quantitative estimate of drug-likeness (QED) is 0.639. The van der Waals surface area contributed by atoms with Crippen molar-refractivity contribution in [1.82, 2.24) is 9.97 Å². The number of rotatable bonds is 4. The SMILES string of the molecule is COc1cccc(N(C)C(=O)c2cnc(NN)cn2)c1. The fraction of sp³-hybridized carbons (Fsp3) is 0.154. The molecule has 2 rings (SSSR count). The second kappa shape index (κ2) is 5.98. The number of ether oxygens (including phenoxy) is 1. The number of benzene rings is 1. The molecule has 2 aromatic rings. The molecule has 20 heavy (non-hydrogen) atoms. The molecule has 1 aromatic carbocycles. The van der Waals surface area contributed by atoms with E-state index in [1.807, 2.05) is 18.2 Å². The first-order chi connectivity index (χ1) is 9.65. The van der Waals surface area contributed by atoms with Crippen LogP contribution in [-0.2, 0) is 0 Å². The lowest BCUT2D eigenvalue weighted by atomic mass is 10.2. The summed E-state index contributed by atoms with van der Waals surface area (Å²) in [4.78, 5) is 21.7. The van der Waals surface area contributed by atoms with E-state index < -0.39 is 0 Å². The molecule has 0 aliphatic heterocycles. The Kier molecular flexibility index (Phi) is 4.11. The number of aromatic nitrogens is 2. The highest BCUT2D eigenvalue weighted by Crippen LogP contribution is 2.21. The van der Waals surface area contributed by atoms with Gasteiger partial charge in [0.25, 0.3) is 5.91 Å². The van der Waals surface area contributed by atoms with E-state index in [1.54, 1.807) is 20.2 Å². The number of hydrazine groups is 1. The minimum atomic E-state index is -0.269. The van der Waals surface area contributed by atoms with Gasteiger partial charge in [-0.05, 0) is 12.1 Å². The molecule has 3 N–H and O–H groups in total. The highest BCUT2D eigenvalue weighted by Gasteiger charge is 2.15. The number of amides is 1. The van der Waals surface area contributed by atoms with Crippen molar-refractivity contribution in [2.75, 3.05) is 24.5 Å². The number of nitrogen functional groups attached to an aromatic ring is 1. The third-order valence-electron chi connectivity index (χ3n) is 2.76. The van der Waals surface area contributed by atoms with E-state index in [1.165, 1.54) is 17.3 Å². The predicted octanol–water partition coefficient (Wildman–Crippen LogP) is 1.05. The maximum Gasteiger partial charge on any atom is 0.278 e. The molecule has 0 bridgehead atoms. The van der Waals surface area contributed by atoms with E-state index in [2.05, 4.69) is 15.4 Å². The van der Waals surface area contributed by atoms with Gasteiger partial charge in [-0.1, -0.05) is 6.07 Å². The van der Waals surface area contributed by atoms with E-state index in [9.17, 15) is 4.79 Å². The van der Waals surface area contributed by atoms with Crippen LogP contribution < -0.4 is 20.9 Å². The van der Waals surface area contributed by atoms with Gasteiger partial charge < -0.3 is 15.1 Å². The topological polar surface area (TPSA) is 93.4 Å². The molecular formula is C13H15N5O2. The Hall–Kier alpha value is -2.67. The van der Waals surface area contributed by atoms with Crippen LogP contribution in [0.4, 0.5) is 11.5 Å². The third-order valence-corrected chi connectivity index (χ3v) is 2.76. The summed E-state index contributed by atoms with van der Waals surface area (Å²) in [5.41, 5.74) is 3.29. The van der Waals surface area contributed by atoms with Gasteiger partial charge >= 0.3 is 0 Å². The van der Waals surface area contributed by atoms with Gasteiger partial charge in [-0.25, -0.2) is 15.8 Å². The van der Waals surface area contributed by atoms with Crippen LogP contribution in [0, 0.1) is 0 Å². The van der Waals surface area contributed by atoms with Crippen LogP contribution in [0.2, 0.25) is 0 Å². The molecule has 1 heterocycles. The number of carbonyl (C=O) groups is 1. The lowest BCUT2D eigenvalue weighted by Gasteiger charge is -2.17. The molecule has 0 unspecified atom stereocenters. The summed E-state index contributed by atoms with van der Waals surface area (Å²) in [5, 5.41) is 0. The smallest absolute Gasteiger partial charge is 0.278 e. The van der Waals surface area contributed by atoms with Gasteiger partial charge in [0.15, 0.2) is 5.82 Å². The molecule has 0 aliphatic rings. The zero-order chi connectivity index (χ0) is 14.5. The summed E-state index contributed by atoms with van der Waals surface area (Å²) in [6, 6.07) is 7.19. The Morgan fingerprint density at radius 1 is 1.35 bits per heavy atom. The van der Waals surface area contributed by atoms with Crippen molar-refractivity contribution in [1.29, 1.82) is 0 Å². The summed E-state index contributed by atoms with van der Waals surface area (Å²) in [7, 11) is 3.23. The first kappa shape index (κ1) is 13.8. The number of nitrogens with one attached hydrogen (secondary N) is 1. The molecule has 0 aliphatic carbocycles. The zero-order valence-electron chi connectivity index (χ0n) is 11.2. The first-order valence-electron chi connectivity index (χ1n) is 5.86. The molecule has 104 valence electrons. The second-order valence-corrected chi connectivity index (χ2v) is 4.00. The van der Waals surface area contributed by atoms with Crippen LogP contribution in [0.5, 0.6) is 5.75 Å². The van der Waals surface area contributed by atoms with Crippen LogP contribution in [0.3, 0.4) is 0 Å². The van der Waals surface area contributed by atoms with Gasteiger partial charge in [0.2, 0.25) is 0 Å². The van der Waals surface area contributed by atoms with Gasteiger partial charge in [0, 0.05) is 18.8 Å². The fourth-order valence-electron chi connectivity index (χ4n) is 1.62. The number of nitrogens with zero attached hydrogens (tertiary/aromatic N) is 3. The lowest BCUT2D eigenvalue weighted by Crippen LogP contribution is -2.27. The van der Waals surface area contributed by atoms with Gasteiger partial charge in [-0.15, -0.1) is 0 Å². The monoisotopic (exact) mass is 273 g/mol. The number of hydrogen-bond donors (Lipinski definition) is 2. The predicted molar refractivity (Wildman–Crippen MR) is 75.6 cm³/mol. The highest BCUT2D eigenvalue weighted by molar-refractivity contribution is 6.04. The average Bonchev–Trinajstić information content (AvgIpc) is 2.53. The van der Waals surface area contributed by atoms with Crippen LogP contribution >= 0.6 is 0 Å². The van der Waals surface area contributed by atoms with Crippen LogP contribution in [0.1, 0.15) is 10.5 Å². The van der Waals surface area contributed by atoms with Crippen molar-refractivity contribution < 1.29 is 9.53 Å². The van der Waals surface area contributed by atoms with Gasteiger partial charge in [0.05, 0.1) is 19.5 Å². The molecule has 0 radical (unpaired) electrons. The van der Waals surface area contributed by atoms with E-state index in [0.29, 0.717) is 17.3 Å². The molecule has 0 atom stereocenters. The van der Waals surface area contributed by atoms with Crippen molar-refractivity contribution in [2.24, 2.45) is 5.84 Å².